The summed E-state index contributed by atoms with van der Waals surface area (Å²) in [5.74, 6) is 1.60. The van der Waals surface area contributed by atoms with Crippen molar-refractivity contribution in [2.24, 2.45) is 11.3 Å². The Bertz CT molecular complexity index is 840. The van der Waals surface area contributed by atoms with Crippen LogP contribution in [0.1, 0.15) is 38.5 Å². The van der Waals surface area contributed by atoms with E-state index in [2.05, 4.69) is 51.2 Å². The van der Waals surface area contributed by atoms with Gasteiger partial charge >= 0.3 is 6.03 Å². The largest absolute Gasteiger partial charge is 0.339 e. The van der Waals surface area contributed by atoms with Crippen LogP contribution in [0.2, 0.25) is 0 Å². The van der Waals surface area contributed by atoms with Gasteiger partial charge in [-0.1, -0.05) is 19.0 Å². The normalized spacial score (nSPS) is 24.7. The van der Waals surface area contributed by atoms with E-state index in [1.54, 1.807) is 18.6 Å². The van der Waals surface area contributed by atoms with Gasteiger partial charge in [0.1, 0.15) is 5.69 Å². The highest BCUT2D eigenvalue weighted by molar-refractivity contribution is 5.74. The van der Waals surface area contributed by atoms with Crippen molar-refractivity contribution in [1.29, 1.82) is 0 Å². The number of hydrogen-bond donors (Lipinski definition) is 1. The Kier molecular flexibility index (Phi) is 5.49. The fourth-order valence-corrected chi connectivity index (χ4v) is 4.46. The highest BCUT2D eigenvalue weighted by Gasteiger charge is 2.53. The van der Waals surface area contributed by atoms with Crippen molar-refractivity contribution >= 4 is 6.03 Å². The van der Waals surface area contributed by atoms with Gasteiger partial charge in [0.2, 0.25) is 11.7 Å². The van der Waals surface area contributed by atoms with Crippen LogP contribution in [0, 0.1) is 11.3 Å². The molecule has 0 bridgehead atoms. The Morgan fingerprint density at radius 3 is 2.93 bits per heavy atom. The molecule has 156 valence electrons. The summed E-state index contributed by atoms with van der Waals surface area (Å²) in [6.07, 6.45) is 6.82. The van der Waals surface area contributed by atoms with Crippen LogP contribution in [0.3, 0.4) is 0 Å². The maximum Gasteiger partial charge on any atom is 0.317 e. The molecule has 2 aromatic rings. The average Bonchev–Trinajstić information content (AvgIpc) is 3.41. The Hall–Kier alpha value is -2.55. The van der Waals surface area contributed by atoms with E-state index in [0.29, 0.717) is 43.0 Å². The molecular formula is C20H29N7O2. The molecule has 29 heavy (non-hydrogen) atoms. The van der Waals surface area contributed by atoms with Gasteiger partial charge in [0.15, 0.2) is 0 Å². The van der Waals surface area contributed by atoms with Crippen molar-refractivity contribution in [3.8, 4) is 11.5 Å². The quantitative estimate of drug-likeness (QED) is 0.821. The zero-order valence-electron chi connectivity index (χ0n) is 17.3. The van der Waals surface area contributed by atoms with Crippen LogP contribution in [0.4, 0.5) is 4.79 Å². The van der Waals surface area contributed by atoms with Crippen LogP contribution in [0.5, 0.6) is 0 Å². The molecule has 2 saturated heterocycles. The third-order valence-corrected chi connectivity index (χ3v) is 6.04. The predicted molar refractivity (Wildman–Crippen MR) is 107 cm³/mol. The van der Waals surface area contributed by atoms with Crippen molar-refractivity contribution in [3.05, 3.63) is 24.5 Å². The van der Waals surface area contributed by atoms with E-state index in [1.807, 2.05) is 4.90 Å². The van der Waals surface area contributed by atoms with Crippen molar-refractivity contribution in [3.63, 3.8) is 0 Å². The van der Waals surface area contributed by atoms with Crippen molar-refractivity contribution in [2.45, 2.75) is 32.6 Å². The van der Waals surface area contributed by atoms with E-state index < -0.39 is 0 Å². The number of amides is 2. The first-order valence-corrected chi connectivity index (χ1v) is 10.3. The number of nitrogens with zero attached hydrogens (tertiary/aromatic N) is 6. The van der Waals surface area contributed by atoms with E-state index >= 15 is 0 Å². The summed E-state index contributed by atoms with van der Waals surface area (Å²) in [5.41, 5.74) is 0.525. The van der Waals surface area contributed by atoms with Gasteiger partial charge in [-0.15, -0.1) is 0 Å². The van der Waals surface area contributed by atoms with Gasteiger partial charge in [0.25, 0.3) is 0 Å². The van der Waals surface area contributed by atoms with Gasteiger partial charge in [-0.05, 0) is 32.4 Å². The Labute approximate surface area is 170 Å². The lowest BCUT2D eigenvalue weighted by atomic mass is 9.77. The maximum absolute atomic E-state index is 12.8. The molecule has 0 unspecified atom stereocenters. The number of carbonyl (C=O) groups is 1. The molecule has 0 radical (unpaired) electrons. The fraction of sp³-hybridized carbons (Fsp3) is 0.650. The van der Waals surface area contributed by atoms with Crippen LogP contribution in [-0.2, 0) is 0 Å². The first kappa shape index (κ1) is 19.8. The van der Waals surface area contributed by atoms with Gasteiger partial charge in [0.05, 0.1) is 12.1 Å². The summed E-state index contributed by atoms with van der Waals surface area (Å²) < 4.78 is 5.66. The summed E-state index contributed by atoms with van der Waals surface area (Å²) >= 11 is 0. The molecule has 1 spiro atoms. The SMILES string of the molecule is CC(C)CCNC(=O)N1C[C@@H](c2nc(-c3cnccn3)no2)[C@]2(CCN(C)C2)C1. The number of likely N-dealkylation sites (tertiary alicyclic amines) is 2. The van der Waals surface area contributed by atoms with E-state index in [4.69, 9.17) is 4.52 Å². The lowest BCUT2D eigenvalue weighted by Gasteiger charge is -2.27. The zero-order chi connectivity index (χ0) is 20.4. The predicted octanol–water partition coefficient (Wildman–Crippen LogP) is 2.00. The molecule has 9 nitrogen and oxygen atoms in total. The highest BCUT2D eigenvalue weighted by atomic mass is 16.5. The molecule has 2 aliphatic rings. The van der Waals surface area contributed by atoms with E-state index in [-0.39, 0.29) is 17.4 Å². The molecule has 1 N–H and O–H groups in total. The average molecular weight is 399 g/mol. The number of carbonyl (C=O) groups excluding carboxylic acids is 1. The second kappa shape index (κ2) is 8.06. The second-order valence-electron chi connectivity index (χ2n) is 8.74. The van der Waals surface area contributed by atoms with E-state index in [9.17, 15) is 4.79 Å². The number of hydrogen-bond acceptors (Lipinski definition) is 7. The second-order valence-corrected chi connectivity index (χ2v) is 8.74. The first-order valence-electron chi connectivity index (χ1n) is 10.3. The molecule has 9 heteroatoms. The summed E-state index contributed by atoms with van der Waals surface area (Å²) in [5, 5.41) is 7.19. The lowest BCUT2D eigenvalue weighted by Crippen LogP contribution is -2.40. The number of rotatable bonds is 5. The number of urea groups is 1. The van der Waals surface area contributed by atoms with Gasteiger partial charge in [-0.3, -0.25) is 4.98 Å². The molecule has 2 aliphatic heterocycles. The standard InChI is InChI=1S/C20H29N7O2/c1-14(2)4-6-23-19(28)27-11-15(20(13-27)5-9-26(3)12-20)18-24-17(25-29-18)16-10-21-7-8-22-16/h7-8,10,14-15H,4-6,9,11-13H2,1-3H3,(H,23,28)/t15-,20-/m0/s1. The van der Waals surface area contributed by atoms with Crippen LogP contribution in [0.25, 0.3) is 11.5 Å². The highest BCUT2D eigenvalue weighted by Crippen LogP contribution is 2.48. The third kappa shape index (κ3) is 4.10. The molecule has 0 aliphatic carbocycles. The minimum absolute atomic E-state index is 0.00394. The minimum atomic E-state index is -0.0592. The Balaban J connectivity index is 1.53. The van der Waals surface area contributed by atoms with Crippen molar-refractivity contribution in [2.75, 3.05) is 39.8 Å². The molecule has 4 heterocycles. The van der Waals surface area contributed by atoms with Crippen LogP contribution < -0.4 is 5.32 Å². The molecule has 2 aromatic heterocycles. The lowest BCUT2D eigenvalue weighted by molar-refractivity contribution is 0.197. The monoisotopic (exact) mass is 399 g/mol. The fourth-order valence-electron chi connectivity index (χ4n) is 4.46. The van der Waals surface area contributed by atoms with Gasteiger partial charge < -0.3 is 19.6 Å². The van der Waals surface area contributed by atoms with Gasteiger partial charge in [-0.25, -0.2) is 9.78 Å². The summed E-state index contributed by atoms with van der Waals surface area (Å²) in [6, 6.07) is -0.00394. The summed E-state index contributed by atoms with van der Waals surface area (Å²) in [4.78, 5) is 29.9. The summed E-state index contributed by atoms with van der Waals surface area (Å²) in [6.45, 7) is 8.22. The Morgan fingerprint density at radius 1 is 1.38 bits per heavy atom. The number of aromatic nitrogens is 4. The van der Waals surface area contributed by atoms with Crippen LogP contribution in [0.15, 0.2) is 23.1 Å². The van der Waals surface area contributed by atoms with Gasteiger partial charge in [0, 0.05) is 44.0 Å². The minimum Gasteiger partial charge on any atom is -0.339 e. The first-order chi connectivity index (χ1) is 14.0. The van der Waals surface area contributed by atoms with Crippen LogP contribution in [-0.4, -0.2) is 75.7 Å². The number of nitrogens with one attached hydrogen (secondary N) is 1. The molecule has 4 rings (SSSR count). The molecule has 2 fully saturated rings. The van der Waals surface area contributed by atoms with Crippen molar-refractivity contribution in [1.82, 2.24) is 35.2 Å². The van der Waals surface area contributed by atoms with E-state index in [1.165, 1.54) is 0 Å². The maximum atomic E-state index is 12.8. The molecule has 0 saturated carbocycles. The topological polar surface area (TPSA) is 100 Å². The van der Waals surface area contributed by atoms with Gasteiger partial charge in [-0.2, -0.15) is 4.98 Å². The Morgan fingerprint density at radius 2 is 2.24 bits per heavy atom. The summed E-state index contributed by atoms with van der Waals surface area (Å²) in [7, 11) is 2.12. The van der Waals surface area contributed by atoms with E-state index in [0.717, 1.165) is 25.9 Å². The zero-order valence-corrected chi connectivity index (χ0v) is 17.3. The molecular weight excluding hydrogens is 370 g/mol. The van der Waals surface area contributed by atoms with Crippen LogP contribution >= 0.6 is 0 Å². The third-order valence-electron chi connectivity index (χ3n) is 6.04. The molecule has 2 amide bonds. The molecule has 2 atom stereocenters. The van der Waals surface area contributed by atoms with Crippen molar-refractivity contribution < 1.29 is 9.32 Å². The molecule has 0 aromatic carbocycles. The smallest absolute Gasteiger partial charge is 0.317 e.